The van der Waals surface area contributed by atoms with Gasteiger partial charge < -0.3 is 5.32 Å². The zero-order valence-electron chi connectivity index (χ0n) is 11.8. The maximum Gasteiger partial charge on any atom is 0.253 e. The topological polar surface area (TPSA) is 54.9 Å². The molecule has 2 aromatic heterocycles. The van der Waals surface area contributed by atoms with Gasteiger partial charge in [0.1, 0.15) is 5.82 Å². The van der Waals surface area contributed by atoms with Crippen molar-refractivity contribution in [3.05, 3.63) is 58.9 Å². The van der Waals surface area contributed by atoms with Crippen molar-refractivity contribution >= 4 is 5.91 Å². The zero-order valence-corrected chi connectivity index (χ0v) is 11.8. The van der Waals surface area contributed by atoms with Crippen molar-refractivity contribution in [1.29, 1.82) is 0 Å². The Kier molecular flexibility index (Phi) is 3.64. The van der Waals surface area contributed by atoms with Gasteiger partial charge >= 0.3 is 0 Å². The molecule has 0 aromatic carbocycles. The molecule has 5 heteroatoms. The van der Waals surface area contributed by atoms with Crippen LogP contribution < -0.4 is 5.32 Å². The van der Waals surface area contributed by atoms with E-state index in [1.54, 1.807) is 12.4 Å². The van der Waals surface area contributed by atoms with E-state index in [-0.39, 0.29) is 23.2 Å². The van der Waals surface area contributed by atoms with Crippen molar-refractivity contribution in [2.45, 2.75) is 32.2 Å². The van der Waals surface area contributed by atoms with Crippen LogP contribution in [0.1, 0.15) is 45.9 Å². The third kappa shape index (κ3) is 3.07. The van der Waals surface area contributed by atoms with Gasteiger partial charge in [0, 0.05) is 31.1 Å². The van der Waals surface area contributed by atoms with Crippen LogP contribution in [0, 0.1) is 12.7 Å². The highest BCUT2D eigenvalue weighted by atomic mass is 19.1. The molecule has 2 heterocycles. The van der Waals surface area contributed by atoms with E-state index in [1.165, 1.54) is 12.3 Å². The first kappa shape index (κ1) is 13.7. The maximum atomic E-state index is 13.9. The van der Waals surface area contributed by atoms with Crippen molar-refractivity contribution in [2.24, 2.45) is 0 Å². The van der Waals surface area contributed by atoms with Crippen molar-refractivity contribution < 1.29 is 9.18 Å². The molecule has 1 saturated carbocycles. The number of rotatable bonds is 4. The van der Waals surface area contributed by atoms with Gasteiger partial charge in [0.15, 0.2) is 0 Å². The number of halogens is 1. The molecule has 4 nitrogen and oxygen atoms in total. The van der Waals surface area contributed by atoms with Crippen molar-refractivity contribution in [1.82, 2.24) is 15.3 Å². The van der Waals surface area contributed by atoms with Crippen LogP contribution in [0.5, 0.6) is 0 Å². The summed E-state index contributed by atoms with van der Waals surface area (Å²) in [5.41, 5.74) is 2.72. The molecule has 2 aromatic rings. The quantitative estimate of drug-likeness (QED) is 0.939. The molecule has 0 saturated heterocycles. The summed E-state index contributed by atoms with van der Waals surface area (Å²) in [6, 6.07) is 3.15. The predicted octanol–water partition coefficient (Wildman–Crippen LogP) is 2.73. The summed E-state index contributed by atoms with van der Waals surface area (Å²) < 4.78 is 13.9. The van der Waals surface area contributed by atoms with Gasteiger partial charge in [-0.15, -0.1) is 0 Å². The fourth-order valence-corrected chi connectivity index (χ4v) is 2.19. The second-order valence-electron chi connectivity index (χ2n) is 5.35. The maximum absolute atomic E-state index is 13.9. The van der Waals surface area contributed by atoms with E-state index < -0.39 is 0 Å². The lowest BCUT2D eigenvalue weighted by molar-refractivity contribution is 0.0950. The van der Waals surface area contributed by atoms with Crippen molar-refractivity contribution in [3.63, 3.8) is 0 Å². The number of hydrogen-bond acceptors (Lipinski definition) is 3. The summed E-state index contributed by atoms with van der Waals surface area (Å²) in [5.74, 6) is -0.477. The summed E-state index contributed by atoms with van der Waals surface area (Å²) in [5, 5.41) is 2.76. The molecule has 1 fully saturated rings. The third-order valence-electron chi connectivity index (χ3n) is 3.68. The van der Waals surface area contributed by atoms with Gasteiger partial charge in [-0.25, -0.2) is 4.39 Å². The van der Waals surface area contributed by atoms with Gasteiger partial charge in [-0.3, -0.25) is 14.8 Å². The van der Waals surface area contributed by atoms with E-state index in [1.807, 2.05) is 13.0 Å². The fourth-order valence-electron chi connectivity index (χ4n) is 2.19. The average molecular weight is 285 g/mol. The van der Waals surface area contributed by atoms with Crippen LogP contribution in [0.3, 0.4) is 0 Å². The minimum Gasteiger partial charge on any atom is -0.348 e. The second kappa shape index (κ2) is 5.60. The minimum absolute atomic E-state index is 0.236. The van der Waals surface area contributed by atoms with E-state index in [4.69, 9.17) is 0 Å². The number of nitrogens with zero attached hydrogens (tertiary/aromatic N) is 2. The highest BCUT2D eigenvalue weighted by Crippen LogP contribution is 2.40. The largest absolute Gasteiger partial charge is 0.348 e. The molecule has 0 bridgehead atoms. The van der Waals surface area contributed by atoms with Crippen LogP contribution in [-0.2, 0) is 6.54 Å². The van der Waals surface area contributed by atoms with Crippen LogP contribution in [0.15, 0.2) is 30.7 Å². The van der Waals surface area contributed by atoms with Crippen LogP contribution in [-0.4, -0.2) is 15.9 Å². The zero-order chi connectivity index (χ0) is 14.8. The molecule has 0 spiro atoms. The van der Waals surface area contributed by atoms with Crippen LogP contribution in [0.25, 0.3) is 0 Å². The Morgan fingerprint density at radius 3 is 2.90 bits per heavy atom. The first-order chi connectivity index (χ1) is 10.1. The number of aryl methyl sites for hydroxylation is 1. The van der Waals surface area contributed by atoms with E-state index in [2.05, 4.69) is 15.3 Å². The van der Waals surface area contributed by atoms with Crippen molar-refractivity contribution in [3.8, 4) is 0 Å². The predicted molar refractivity (Wildman–Crippen MR) is 76.3 cm³/mol. The monoisotopic (exact) mass is 285 g/mol. The lowest BCUT2D eigenvalue weighted by Gasteiger charge is -2.08. The normalized spacial score (nSPS) is 14.0. The number of amides is 1. The van der Waals surface area contributed by atoms with E-state index >= 15 is 0 Å². The molecule has 0 radical (unpaired) electrons. The molecule has 21 heavy (non-hydrogen) atoms. The van der Waals surface area contributed by atoms with E-state index in [0.717, 1.165) is 24.0 Å². The highest BCUT2D eigenvalue weighted by molar-refractivity contribution is 5.93. The lowest BCUT2D eigenvalue weighted by atomic mass is 10.1. The molecule has 108 valence electrons. The summed E-state index contributed by atoms with van der Waals surface area (Å²) >= 11 is 0. The first-order valence-corrected chi connectivity index (χ1v) is 6.98. The molecule has 0 unspecified atom stereocenters. The Morgan fingerprint density at radius 2 is 2.24 bits per heavy atom. The summed E-state index contributed by atoms with van der Waals surface area (Å²) in [6.45, 7) is 2.32. The summed E-state index contributed by atoms with van der Waals surface area (Å²) in [4.78, 5) is 20.2. The molecule has 1 aliphatic rings. The molecular formula is C16H16FN3O. The SMILES string of the molecule is Cc1ccncc1CNC(=O)c1cnc(C2CC2)c(F)c1. The molecule has 0 aliphatic heterocycles. The van der Waals surface area contributed by atoms with Crippen LogP contribution in [0.2, 0.25) is 0 Å². The van der Waals surface area contributed by atoms with E-state index in [0.29, 0.717) is 12.2 Å². The Morgan fingerprint density at radius 1 is 1.43 bits per heavy atom. The Labute approximate surface area is 122 Å². The van der Waals surface area contributed by atoms with Gasteiger partial charge in [0.25, 0.3) is 5.91 Å². The number of carbonyl (C=O) groups is 1. The standard InChI is InChI=1S/C16H16FN3O/c1-10-4-5-18-7-13(10)9-20-16(21)12-6-14(17)15(19-8-12)11-2-3-11/h4-8,11H,2-3,9H2,1H3,(H,20,21). The molecular weight excluding hydrogens is 269 g/mol. The van der Waals surface area contributed by atoms with Gasteiger partial charge in [0.05, 0.1) is 11.3 Å². The van der Waals surface area contributed by atoms with Gasteiger partial charge in [0.2, 0.25) is 0 Å². The van der Waals surface area contributed by atoms with Gasteiger partial charge in [-0.1, -0.05) is 0 Å². The fraction of sp³-hybridized carbons (Fsp3) is 0.312. The summed E-state index contributed by atoms with van der Waals surface area (Å²) in [6.07, 6.45) is 6.83. The number of hydrogen-bond donors (Lipinski definition) is 1. The molecule has 1 N–H and O–H groups in total. The second-order valence-corrected chi connectivity index (χ2v) is 5.35. The minimum atomic E-state index is -0.386. The van der Waals surface area contributed by atoms with Crippen LogP contribution in [0.4, 0.5) is 4.39 Å². The molecule has 0 atom stereocenters. The lowest BCUT2D eigenvalue weighted by Crippen LogP contribution is -2.23. The van der Waals surface area contributed by atoms with Crippen molar-refractivity contribution in [2.75, 3.05) is 0 Å². The number of aromatic nitrogens is 2. The molecule has 3 rings (SSSR count). The van der Waals surface area contributed by atoms with Gasteiger partial charge in [-0.2, -0.15) is 0 Å². The van der Waals surface area contributed by atoms with Crippen LogP contribution >= 0.6 is 0 Å². The average Bonchev–Trinajstić information content (AvgIpc) is 3.30. The number of pyridine rings is 2. The Hall–Kier alpha value is -2.30. The Bertz CT molecular complexity index is 683. The smallest absolute Gasteiger partial charge is 0.253 e. The summed E-state index contributed by atoms with van der Waals surface area (Å²) in [7, 11) is 0. The molecule has 1 amide bonds. The number of nitrogens with one attached hydrogen (secondary N) is 1. The van der Waals surface area contributed by atoms with Gasteiger partial charge in [-0.05, 0) is 43.0 Å². The van der Waals surface area contributed by atoms with E-state index in [9.17, 15) is 9.18 Å². The number of carbonyl (C=O) groups excluding carboxylic acids is 1. The third-order valence-corrected chi connectivity index (χ3v) is 3.68. The first-order valence-electron chi connectivity index (χ1n) is 6.98. The highest BCUT2D eigenvalue weighted by Gasteiger charge is 2.28. The Balaban J connectivity index is 1.68. The molecule has 1 aliphatic carbocycles.